The van der Waals surface area contributed by atoms with Crippen molar-refractivity contribution in [3.05, 3.63) is 24.3 Å². The first-order chi connectivity index (χ1) is 13.8. The van der Waals surface area contributed by atoms with Gasteiger partial charge in [-0.1, -0.05) is 12.1 Å². The Balaban J connectivity index is 0.00000341. The molecule has 2 unspecified atom stereocenters. The minimum absolute atomic E-state index is 0. The average Bonchev–Trinajstić information content (AvgIpc) is 3.21. The lowest BCUT2D eigenvalue weighted by Gasteiger charge is -2.22. The Kier molecular flexibility index (Phi) is 6.52. The van der Waals surface area contributed by atoms with E-state index in [2.05, 4.69) is 4.74 Å². The number of hydrogen-bond donors (Lipinski definition) is 2. The summed E-state index contributed by atoms with van der Waals surface area (Å²) in [5.41, 5.74) is 3.61. The number of likely N-dealkylation sites (tertiary alicyclic amines) is 1. The standard InChI is InChI=1S/C17H16F3N3O6S.ClH/c18-17(19,20)29-11-3-1-2-4-12(11)30(27,28)9-5-10(14(24)25)23(7-9)13-6-16(13,8-21)15(22)26;/h1-4,9-10,13H,5-7H2,(H2,22,26)(H,24,25);1H/t9-,10+,13?,16?;/m1./s1. The van der Waals surface area contributed by atoms with Crippen molar-refractivity contribution in [1.82, 2.24) is 4.90 Å². The van der Waals surface area contributed by atoms with Gasteiger partial charge in [0, 0.05) is 12.6 Å². The summed E-state index contributed by atoms with van der Waals surface area (Å²) < 4.78 is 67.8. The van der Waals surface area contributed by atoms with Crippen LogP contribution in [0.4, 0.5) is 13.2 Å². The largest absolute Gasteiger partial charge is 0.573 e. The third-order valence-corrected chi connectivity index (χ3v) is 7.54. The minimum Gasteiger partial charge on any atom is -0.480 e. The van der Waals surface area contributed by atoms with Gasteiger partial charge in [-0.2, -0.15) is 5.26 Å². The molecule has 1 heterocycles. The van der Waals surface area contributed by atoms with Crippen molar-refractivity contribution in [2.45, 2.75) is 41.4 Å². The zero-order valence-corrected chi connectivity index (χ0v) is 17.2. The van der Waals surface area contributed by atoms with E-state index >= 15 is 0 Å². The van der Waals surface area contributed by atoms with Crippen molar-refractivity contribution in [3.8, 4) is 11.8 Å². The molecule has 1 saturated heterocycles. The molecule has 1 saturated carbocycles. The summed E-state index contributed by atoms with van der Waals surface area (Å²) in [5, 5.41) is 17.4. The Hall–Kier alpha value is -2.56. The first-order valence-corrected chi connectivity index (χ1v) is 10.2. The Morgan fingerprint density at radius 2 is 1.94 bits per heavy atom. The maximum absolute atomic E-state index is 13.0. The number of carboxylic acids is 1. The molecule has 0 radical (unpaired) electrons. The molecule has 1 aromatic carbocycles. The highest BCUT2D eigenvalue weighted by Gasteiger charge is 2.66. The van der Waals surface area contributed by atoms with Crippen LogP contribution in [0.3, 0.4) is 0 Å². The van der Waals surface area contributed by atoms with Gasteiger partial charge in [0.1, 0.15) is 16.7 Å². The normalized spacial score (nSPS) is 28.3. The number of nitrogens with zero attached hydrogens (tertiary/aromatic N) is 2. The van der Waals surface area contributed by atoms with Crippen molar-refractivity contribution in [2.24, 2.45) is 11.1 Å². The SMILES string of the molecule is Cl.N#CC1(C(N)=O)CC1N1C[C@H](S(=O)(=O)c2ccccc2OC(F)(F)F)C[C@H]1C(=O)O. The number of nitrogens with two attached hydrogens (primary N) is 1. The molecule has 1 amide bonds. The summed E-state index contributed by atoms with van der Waals surface area (Å²) >= 11 is 0. The highest BCUT2D eigenvalue weighted by Crippen LogP contribution is 2.51. The Morgan fingerprint density at radius 1 is 1.32 bits per heavy atom. The average molecular weight is 484 g/mol. The molecule has 4 atom stereocenters. The number of aliphatic carboxylic acids is 1. The number of primary amides is 1. The molecule has 0 aromatic heterocycles. The van der Waals surface area contributed by atoms with Crippen LogP contribution in [0.15, 0.2) is 29.2 Å². The number of amides is 1. The van der Waals surface area contributed by atoms with Gasteiger partial charge in [0.05, 0.1) is 11.3 Å². The third-order valence-electron chi connectivity index (χ3n) is 5.37. The van der Waals surface area contributed by atoms with Gasteiger partial charge in [0.15, 0.2) is 15.3 Å². The van der Waals surface area contributed by atoms with E-state index in [1.807, 2.05) is 0 Å². The van der Waals surface area contributed by atoms with E-state index in [4.69, 9.17) is 5.73 Å². The number of nitriles is 1. The van der Waals surface area contributed by atoms with Crippen LogP contribution in [0, 0.1) is 16.7 Å². The first kappa shape index (κ1) is 24.7. The lowest BCUT2D eigenvalue weighted by Crippen LogP contribution is -2.42. The molecule has 3 N–H and O–H groups in total. The molecule has 1 aliphatic heterocycles. The molecule has 2 fully saturated rings. The van der Waals surface area contributed by atoms with Crippen LogP contribution in [0.25, 0.3) is 0 Å². The van der Waals surface area contributed by atoms with Crippen molar-refractivity contribution in [2.75, 3.05) is 6.54 Å². The Morgan fingerprint density at radius 3 is 2.42 bits per heavy atom. The number of carbonyl (C=O) groups excluding carboxylic acids is 1. The summed E-state index contributed by atoms with van der Waals surface area (Å²) in [6, 6.07) is 3.69. The van der Waals surface area contributed by atoms with Gasteiger partial charge in [-0.05, 0) is 25.0 Å². The monoisotopic (exact) mass is 483 g/mol. The fourth-order valence-corrected chi connectivity index (χ4v) is 5.61. The van der Waals surface area contributed by atoms with E-state index < -0.39 is 67.9 Å². The second-order valence-electron chi connectivity index (χ2n) is 7.12. The quantitative estimate of drug-likeness (QED) is 0.610. The van der Waals surface area contributed by atoms with Gasteiger partial charge in [-0.3, -0.25) is 14.5 Å². The van der Waals surface area contributed by atoms with Gasteiger partial charge in [-0.25, -0.2) is 8.42 Å². The van der Waals surface area contributed by atoms with Gasteiger partial charge >= 0.3 is 12.3 Å². The number of alkyl halides is 3. The number of carbonyl (C=O) groups is 2. The van der Waals surface area contributed by atoms with Crippen molar-refractivity contribution >= 4 is 34.1 Å². The fourth-order valence-electron chi connectivity index (χ4n) is 3.79. The Bertz CT molecular complexity index is 1040. The van der Waals surface area contributed by atoms with Gasteiger partial charge in [0.25, 0.3) is 0 Å². The second kappa shape index (κ2) is 8.18. The molecule has 1 aliphatic carbocycles. The molecule has 2 aliphatic rings. The lowest BCUT2D eigenvalue weighted by atomic mass is 10.1. The first-order valence-electron chi connectivity index (χ1n) is 8.62. The number of ether oxygens (including phenoxy) is 1. The number of sulfone groups is 1. The molecular weight excluding hydrogens is 467 g/mol. The highest BCUT2D eigenvalue weighted by atomic mass is 35.5. The predicted molar refractivity (Wildman–Crippen MR) is 99.7 cm³/mol. The second-order valence-corrected chi connectivity index (χ2v) is 9.31. The van der Waals surface area contributed by atoms with E-state index in [-0.39, 0.29) is 25.4 Å². The summed E-state index contributed by atoms with van der Waals surface area (Å²) in [6.45, 7) is -0.388. The van der Waals surface area contributed by atoms with Crippen molar-refractivity contribution < 1.29 is 41.0 Å². The van der Waals surface area contributed by atoms with Crippen LogP contribution in [0.1, 0.15) is 12.8 Å². The highest BCUT2D eigenvalue weighted by molar-refractivity contribution is 7.92. The van der Waals surface area contributed by atoms with E-state index in [9.17, 15) is 41.5 Å². The zero-order valence-electron chi connectivity index (χ0n) is 15.6. The molecule has 0 spiro atoms. The zero-order chi connectivity index (χ0) is 22.5. The van der Waals surface area contributed by atoms with Gasteiger partial charge in [0.2, 0.25) is 5.91 Å². The number of para-hydroxylation sites is 1. The predicted octanol–water partition coefficient (Wildman–Crippen LogP) is 1.08. The van der Waals surface area contributed by atoms with E-state index in [1.165, 1.54) is 17.0 Å². The van der Waals surface area contributed by atoms with Gasteiger partial charge in [-0.15, -0.1) is 25.6 Å². The molecule has 1 aromatic rings. The minimum atomic E-state index is -5.13. The molecule has 0 bridgehead atoms. The molecule has 170 valence electrons. The number of benzene rings is 1. The van der Waals surface area contributed by atoms with Crippen molar-refractivity contribution in [1.29, 1.82) is 5.26 Å². The number of rotatable bonds is 6. The number of halogens is 4. The van der Waals surface area contributed by atoms with Crippen LogP contribution in [-0.2, 0) is 19.4 Å². The number of carboxylic acid groups (broad SMARTS) is 1. The van der Waals surface area contributed by atoms with E-state index in [0.717, 1.165) is 12.1 Å². The summed E-state index contributed by atoms with van der Waals surface area (Å²) in [7, 11) is -4.44. The van der Waals surface area contributed by atoms with Gasteiger partial charge < -0.3 is 15.6 Å². The lowest BCUT2D eigenvalue weighted by molar-refractivity contribution is -0.275. The molecule has 31 heavy (non-hydrogen) atoms. The molecular formula is C17H17ClF3N3O6S. The van der Waals surface area contributed by atoms with Crippen LogP contribution >= 0.6 is 12.4 Å². The maximum Gasteiger partial charge on any atom is 0.573 e. The summed E-state index contributed by atoms with van der Waals surface area (Å²) in [4.78, 5) is 23.8. The van der Waals surface area contributed by atoms with Crippen LogP contribution in [0.5, 0.6) is 5.75 Å². The smallest absolute Gasteiger partial charge is 0.480 e. The molecule has 14 heteroatoms. The van der Waals surface area contributed by atoms with E-state index in [1.54, 1.807) is 6.07 Å². The van der Waals surface area contributed by atoms with Crippen LogP contribution < -0.4 is 10.5 Å². The topological polar surface area (TPSA) is 151 Å². The van der Waals surface area contributed by atoms with E-state index in [0.29, 0.717) is 0 Å². The summed E-state index contributed by atoms with van der Waals surface area (Å²) in [6.07, 6.45) is -5.61. The Labute approximate surface area is 180 Å². The van der Waals surface area contributed by atoms with Crippen LogP contribution in [-0.4, -0.2) is 60.5 Å². The third kappa shape index (κ3) is 4.41. The maximum atomic E-state index is 13.0. The fraction of sp³-hybridized carbons (Fsp3) is 0.471. The molecule has 3 rings (SSSR count). The molecule has 9 nitrogen and oxygen atoms in total. The summed E-state index contributed by atoms with van der Waals surface area (Å²) in [5.74, 6) is -3.25. The number of hydrogen-bond acceptors (Lipinski definition) is 7. The van der Waals surface area contributed by atoms with Crippen molar-refractivity contribution in [3.63, 3.8) is 0 Å². The van der Waals surface area contributed by atoms with Crippen LogP contribution in [0.2, 0.25) is 0 Å².